The standard InChI is InChI=1S/C25H27N5O4/c1-4-13-30-16(3)21(23(31)34-5-2)22(29-25(30)33)18-9-11-19(12-10-18)27-24(32)28-20-8-6-7-17(14-20)15-26/h6-12,14,22H,4-5,13H2,1-3H3,(H,29,33)(H2,27,28,32). The highest BCUT2D eigenvalue weighted by molar-refractivity contribution is 6.00. The molecule has 0 saturated heterocycles. The molecule has 1 atom stereocenters. The number of benzene rings is 2. The van der Waals surface area contributed by atoms with Crippen LogP contribution in [0.3, 0.4) is 0 Å². The van der Waals surface area contributed by atoms with Crippen LogP contribution in [-0.4, -0.2) is 36.1 Å². The summed E-state index contributed by atoms with van der Waals surface area (Å²) >= 11 is 0. The van der Waals surface area contributed by atoms with Crippen LogP contribution in [0.5, 0.6) is 0 Å². The number of nitrogens with zero attached hydrogens (tertiary/aromatic N) is 2. The van der Waals surface area contributed by atoms with Gasteiger partial charge in [-0.25, -0.2) is 14.4 Å². The average molecular weight is 462 g/mol. The van der Waals surface area contributed by atoms with Gasteiger partial charge in [-0.3, -0.25) is 4.90 Å². The van der Waals surface area contributed by atoms with Gasteiger partial charge in [0.1, 0.15) is 0 Å². The molecule has 0 radical (unpaired) electrons. The second kappa shape index (κ2) is 11.0. The second-order valence-corrected chi connectivity index (χ2v) is 7.65. The number of nitriles is 1. The lowest BCUT2D eigenvalue weighted by Crippen LogP contribution is -2.48. The van der Waals surface area contributed by atoms with Crippen molar-refractivity contribution in [2.45, 2.75) is 33.2 Å². The second-order valence-electron chi connectivity index (χ2n) is 7.65. The van der Waals surface area contributed by atoms with Crippen molar-refractivity contribution in [1.82, 2.24) is 10.2 Å². The summed E-state index contributed by atoms with van der Waals surface area (Å²) < 4.78 is 5.25. The molecule has 0 saturated carbocycles. The minimum atomic E-state index is -0.670. The van der Waals surface area contributed by atoms with Gasteiger partial charge in [-0.15, -0.1) is 0 Å². The van der Waals surface area contributed by atoms with Gasteiger partial charge in [0.25, 0.3) is 0 Å². The van der Waals surface area contributed by atoms with Crippen LogP contribution in [0.4, 0.5) is 21.0 Å². The first kappa shape index (κ1) is 24.3. The number of amides is 4. The largest absolute Gasteiger partial charge is 0.463 e. The summed E-state index contributed by atoms with van der Waals surface area (Å²) in [7, 11) is 0. The number of rotatable bonds is 7. The molecule has 34 heavy (non-hydrogen) atoms. The van der Waals surface area contributed by atoms with Gasteiger partial charge in [-0.05, 0) is 56.2 Å². The van der Waals surface area contributed by atoms with Crippen LogP contribution >= 0.6 is 0 Å². The number of allylic oxidation sites excluding steroid dienone is 1. The first-order valence-corrected chi connectivity index (χ1v) is 11.0. The summed E-state index contributed by atoms with van der Waals surface area (Å²) in [5.41, 5.74) is 3.08. The Kier molecular flexibility index (Phi) is 7.88. The van der Waals surface area contributed by atoms with Crippen LogP contribution < -0.4 is 16.0 Å². The summed E-state index contributed by atoms with van der Waals surface area (Å²) in [6.07, 6.45) is 0.745. The molecule has 0 bridgehead atoms. The van der Waals surface area contributed by atoms with Gasteiger partial charge in [0.05, 0.1) is 29.9 Å². The zero-order chi connectivity index (χ0) is 24.7. The van der Waals surface area contributed by atoms with Crippen molar-refractivity contribution in [1.29, 1.82) is 5.26 Å². The Hall–Kier alpha value is -4.32. The van der Waals surface area contributed by atoms with Gasteiger partial charge >= 0.3 is 18.0 Å². The Bertz CT molecular complexity index is 1150. The molecule has 1 aliphatic rings. The molecule has 9 nitrogen and oxygen atoms in total. The molecule has 176 valence electrons. The number of carbonyl (C=O) groups is 3. The van der Waals surface area contributed by atoms with E-state index in [1.54, 1.807) is 67.3 Å². The Balaban J connectivity index is 1.79. The highest BCUT2D eigenvalue weighted by atomic mass is 16.5. The van der Waals surface area contributed by atoms with Crippen molar-refractivity contribution in [3.8, 4) is 6.07 Å². The van der Waals surface area contributed by atoms with Gasteiger partial charge in [0.2, 0.25) is 0 Å². The van der Waals surface area contributed by atoms with Crippen molar-refractivity contribution in [3.63, 3.8) is 0 Å². The summed E-state index contributed by atoms with van der Waals surface area (Å²) in [6.45, 7) is 6.14. The number of hydrogen-bond donors (Lipinski definition) is 3. The van der Waals surface area contributed by atoms with Crippen LogP contribution in [0.25, 0.3) is 0 Å². The van der Waals surface area contributed by atoms with E-state index in [2.05, 4.69) is 16.0 Å². The topological polar surface area (TPSA) is 124 Å². The minimum absolute atomic E-state index is 0.222. The maximum atomic E-state index is 12.7. The normalized spacial score (nSPS) is 15.3. The Morgan fingerprint density at radius 1 is 1.12 bits per heavy atom. The smallest absolute Gasteiger partial charge is 0.338 e. The van der Waals surface area contributed by atoms with Crippen molar-refractivity contribution in [2.75, 3.05) is 23.8 Å². The van der Waals surface area contributed by atoms with E-state index in [0.717, 1.165) is 6.42 Å². The maximum absolute atomic E-state index is 12.7. The third-order valence-electron chi connectivity index (χ3n) is 5.29. The molecule has 2 aromatic carbocycles. The first-order valence-electron chi connectivity index (χ1n) is 11.0. The van der Waals surface area contributed by atoms with E-state index in [0.29, 0.717) is 40.3 Å². The summed E-state index contributed by atoms with van der Waals surface area (Å²) in [4.78, 5) is 39.3. The zero-order valence-electron chi connectivity index (χ0n) is 19.3. The summed E-state index contributed by atoms with van der Waals surface area (Å²) in [5.74, 6) is -0.479. The molecule has 1 unspecified atom stereocenters. The van der Waals surface area contributed by atoms with Crippen molar-refractivity contribution in [2.24, 2.45) is 0 Å². The molecule has 0 fully saturated rings. The Morgan fingerprint density at radius 3 is 2.47 bits per heavy atom. The lowest BCUT2D eigenvalue weighted by molar-refractivity contribution is -0.139. The Labute approximate surface area is 198 Å². The highest BCUT2D eigenvalue weighted by Gasteiger charge is 2.36. The lowest BCUT2D eigenvalue weighted by atomic mass is 9.94. The van der Waals surface area contributed by atoms with E-state index < -0.39 is 18.0 Å². The van der Waals surface area contributed by atoms with Gasteiger partial charge in [0.15, 0.2) is 0 Å². The molecule has 0 spiro atoms. The van der Waals surface area contributed by atoms with E-state index in [-0.39, 0.29) is 12.6 Å². The fourth-order valence-corrected chi connectivity index (χ4v) is 3.72. The molecular formula is C25H27N5O4. The van der Waals surface area contributed by atoms with Crippen molar-refractivity contribution < 1.29 is 19.1 Å². The monoisotopic (exact) mass is 461 g/mol. The molecule has 2 aromatic rings. The molecule has 1 aliphatic heterocycles. The summed E-state index contributed by atoms with van der Waals surface area (Å²) in [5, 5.41) is 17.3. The maximum Gasteiger partial charge on any atom is 0.338 e. The van der Waals surface area contributed by atoms with Crippen LogP contribution in [0.15, 0.2) is 59.8 Å². The highest BCUT2D eigenvalue weighted by Crippen LogP contribution is 2.32. The number of nitrogens with one attached hydrogen (secondary N) is 3. The third-order valence-corrected chi connectivity index (χ3v) is 5.29. The molecule has 0 aromatic heterocycles. The zero-order valence-corrected chi connectivity index (χ0v) is 19.3. The molecule has 0 aliphatic carbocycles. The molecule has 4 amide bonds. The van der Waals surface area contributed by atoms with Crippen LogP contribution in [0.2, 0.25) is 0 Å². The number of hydrogen-bond acceptors (Lipinski definition) is 5. The molecule has 1 heterocycles. The molecular weight excluding hydrogens is 434 g/mol. The summed E-state index contributed by atoms with van der Waals surface area (Å²) in [6, 6.07) is 14.0. The van der Waals surface area contributed by atoms with E-state index in [4.69, 9.17) is 10.00 Å². The lowest BCUT2D eigenvalue weighted by Gasteiger charge is -2.35. The van der Waals surface area contributed by atoms with Gasteiger partial charge in [-0.1, -0.05) is 25.1 Å². The van der Waals surface area contributed by atoms with E-state index >= 15 is 0 Å². The number of urea groups is 2. The minimum Gasteiger partial charge on any atom is -0.463 e. The van der Waals surface area contributed by atoms with Gasteiger partial charge in [0, 0.05) is 23.6 Å². The van der Waals surface area contributed by atoms with E-state index in [1.165, 1.54) is 0 Å². The SMILES string of the molecule is CCCN1C(=O)NC(c2ccc(NC(=O)Nc3cccc(C#N)c3)cc2)C(C(=O)OCC)=C1C. The molecule has 3 N–H and O–H groups in total. The van der Waals surface area contributed by atoms with Crippen LogP contribution in [0.1, 0.15) is 44.4 Å². The number of ether oxygens (including phenoxy) is 1. The van der Waals surface area contributed by atoms with E-state index in [1.807, 2.05) is 13.0 Å². The molecule has 3 rings (SSSR count). The van der Waals surface area contributed by atoms with Crippen LogP contribution in [0, 0.1) is 11.3 Å². The average Bonchev–Trinajstić information content (AvgIpc) is 2.82. The third kappa shape index (κ3) is 5.53. The fraction of sp³-hybridized carbons (Fsp3) is 0.280. The Morgan fingerprint density at radius 2 is 1.82 bits per heavy atom. The van der Waals surface area contributed by atoms with Gasteiger partial charge in [-0.2, -0.15) is 5.26 Å². The predicted molar refractivity (Wildman–Crippen MR) is 128 cm³/mol. The number of esters is 1. The van der Waals surface area contributed by atoms with Gasteiger partial charge < -0.3 is 20.7 Å². The number of anilines is 2. The first-order chi connectivity index (χ1) is 16.4. The predicted octanol–water partition coefficient (Wildman–Crippen LogP) is 4.52. The molecule has 9 heteroatoms. The quantitative estimate of drug-likeness (QED) is 0.523. The van der Waals surface area contributed by atoms with Crippen molar-refractivity contribution in [3.05, 3.63) is 70.9 Å². The van der Waals surface area contributed by atoms with Crippen molar-refractivity contribution >= 4 is 29.4 Å². The van der Waals surface area contributed by atoms with Crippen LogP contribution in [-0.2, 0) is 9.53 Å². The van der Waals surface area contributed by atoms with E-state index in [9.17, 15) is 14.4 Å². The number of carbonyl (C=O) groups excluding carboxylic acids is 3. The fourth-order valence-electron chi connectivity index (χ4n) is 3.72.